The average molecular weight is 515 g/mol. The molecule has 0 saturated carbocycles. The Balaban J connectivity index is 1.13. The summed E-state index contributed by atoms with van der Waals surface area (Å²) in [5.74, 6) is 1.10. The maximum absolute atomic E-state index is 12.8. The number of rotatable bonds is 5. The van der Waals surface area contributed by atoms with Crippen LogP contribution in [0.15, 0.2) is 35.3 Å². The molecule has 0 unspecified atom stereocenters. The molecule has 192 valence electrons. The number of H-pyrrole nitrogens is 1. The molecule has 2 aromatic heterocycles. The summed E-state index contributed by atoms with van der Waals surface area (Å²) in [5.41, 5.74) is 5.17. The lowest BCUT2D eigenvalue weighted by Gasteiger charge is -2.51. The zero-order chi connectivity index (χ0) is 25.5. The number of amides is 1. The number of nitrogens with zero attached hydrogens (tertiary/aromatic N) is 4. The van der Waals surface area contributed by atoms with Crippen LogP contribution in [-0.4, -0.2) is 66.3 Å². The van der Waals surface area contributed by atoms with Gasteiger partial charge in [-0.2, -0.15) is 4.98 Å². The van der Waals surface area contributed by atoms with Crippen LogP contribution in [0.1, 0.15) is 50.9 Å². The van der Waals surface area contributed by atoms with Crippen molar-refractivity contribution in [2.45, 2.75) is 62.7 Å². The van der Waals surface area contributed by atoms with Crippen LogP contribution in [0.25, 0.3) is 11.0 Å². The lowest BCUT2D eigenvalue weighted by molar-refractivity contribution is -0.198. The number of benzene rings is 1. The number of nitrogens with two attached hydrogens (primary N) is 1. The predicted octanol–water partition coefficient (Wildman–Crippen LogP) is 2.45. The lowest BCUT2D eigenvalue weighted by Crippen LogP contribution is -2.59. The fourth-order valence-corrected chi connectivity index (χ4v) is 5.67. The number of hydrogen-bond donors (Lipinski definition) is 3. The number of aromatic nitrogens is 4. The molecule has 2 atom stereocenters. The van der Waals surface area contributed by atoms with Crippen molar-refractivity contribution < 1.29 is 14.6 Å². The van der Waals surface area contributed by atoms with Gasteiger partial charge in [0.2, 0.25) is 5.91 Å². The van der Waals surface area contributed by atoms with Gasteiger partial charge in [-0.25, -0.2) is 9.78 Å². The number of nitrogens with one attached hydrogen (secondary N) is 1. The Bertz CT molecular complexity index is 1330. The summed E-state index contributed by atoms with van der Waals surface area (Å²) < 4.78 is 7.65. The predicted molar refractivity (Wildman–Crippen MR) is 136 cm³/mol. The summed E-state index contributed by atoms with van der Waals surface area (Å²) in [6, 6.07) is 6.52. The Morgan fingerprint density at radius 2 is 2.08 bits per heavy atom. The average Bonchev–Trinajstić information content (AvgIpc) is 3.21. The zero-order valence-corrected chi connectivity index (χ0v) is 21.0. The third kappa shape index (κ3) is 4.98. The van der Waals surface area contributed by atoms with E-state index in [-0.39, 0.29) is 18.3 Å². The summed E-state index contributed by atoms with van der Waals surface area (Å²) in [4.78, 5) is 38.6. The molecule has 10 nitrogen and oxygen atoms in total. The van der Waals surface area contributed by atoms with Gasteiger partial charge in [-0.1, -0.05) is 11.6 Å². The molecule has 0 radical (unpaired) electrons. The van der Waals surface area contributed by atoms with Crippen LogP contribution in [0.5, 0.6) is 0 Å². The van der Waals surface area contributed by atoms with Gasteiger partial charge in [-0.05, 0) is 50.5 Å². The van der Waals surface area contributed by atoms with Gasteiger partial charge in [-0.3, -0.25) is 9.36 Å². The molecule has 2 saturated heterocycles. The van der Waals surface area contributed by atoms with Crippen LogP contribution >= 0.6 is 11.6 Å². The first-order chi connectivity index (χ1) is 17.1. The second-order valence-electron chi connectivity index (χ2n) is 10.2. The number of imidazole rings is 1. The fourth-order valence-electron chi connectivity index (χ4n) is 5.50. The third-order valence-corrected chi connectivity index (χ3v) is 7.69. The van der Waals surface area contributed by atoms with E-state index >= 15 is 0 Å². The van der Waals surface area contributed by atoms with Crippen LogP contribution in [0.4, 0.5) is 5.82 Å². The normalized spacial score (nSPS) is 23.9. The van der Waals surface area contributed by atoms with E-state index < -0.39 is 22.9 Å². The van der Waals surface area contributed by atoms with Crippen LogP contribution in [0.2, 0.25) is 5.02 Å². The molecular formula is C25H31ClN6O4. The SMILES string of the molecule is C[C@@]1(O)CC2(CCN(C(=O)CCCc3nc4ccc(Cl)cc4[nH]3)CC2)OC[C@H]1n1ccc(N)nc1=O. The van der Waals surface area contributed by atoms with E-state index in [1.54, 1.807) is 13.1 Å². The molecule has 4 heterocycles. The number of aryl methyl sites for hydroxylation is 1. The highest BCUT2D eigenvalue weighted by Crippen LogP contribution is 2.43. The molecule has 3 aromatic rings. The molecule has 5 rings (SSSR count). The maximum Gasteiger partial charge on any atom is 0.349 e. The number of halogens is 1. The van der Waals surface area contributed by atoms with Gasteiger partial charge in [0.05, 0.1) is 34.9 Å². The van der Waals surface area contributed by atoms with Gasteiger partial charge in [-0.15, -0.1) is 0 Å². The molecule has 4 N–H and O–H groups in total. The molecule has 2 aliphatic rings. The minimum absolute atomic E-state index is 0.115. The van der Waals surface area contributed by atoms with E-state index in [0.29, 0.717) is 56.6 Å². The van der Waals surface area contributed by atoms with E-state index in [9.17, 15) is 14.7 Å². The largest absolute Gasteiger partial charge is 0.388 e. The van der Waals surface area contributed by atoms with Gasteiger partial charge in [0.1, 0.15) is 11.6 Å². The van der Waals surface area contributed by atoms with Crippen LogP contribution in [0, 0.1) is 0 Å². The number of ether oxygens (including phenoxy) is 1. The molecule has 0 aliphatic carbocycles. The molecule has 11 heteroatoms. The summed E-state index contributed by atoms with van der Waals surface area (Å²) in [6.07, 6.45) is 5.03. The minimum atomic E-state index is -1.16. The number of piperidine rings is 1. The maximum atomic E-state index is 12.8. The number of carbonyl (C=O) groups excluding carboxylic acids is 1. The molecule has 2 fully saturated rings. The molecule has 1 aromatic carbocycles. The van der Waals surface area contributed by atoms with Crippen LogP contribution in [0.3, 0.4) is 0 Å². The van der Waals surface area contributed by atoms with Crippen molar-refractivity contribution in [3.8, 4) is 0 Å². The van der Waals surface area contributed by atoms with Crippen molar-refractivity contribution in [3.63, 3.8) is 0 Å². The first-order valence-corrected chi connectivity index (χ1v) is 12.6. The molecule has 36 heavy (non-hydrogen) atoms. The van der Waals surface area contributed by atoms with Gasteiger partial charge in [0, 0.05) is 43.6 Å². The van der Waals surface area contributed by atoms with Gasteiger partial charge >= 0.3 is 5.69 Å². The van der Waals surface area contributed by atoms with E-state index in [1.165, 1.54) is 10.6 Å². The number of likely N-dealkylation sites (tertiary alicyclic amines) is 1. The third-order valence-electron chi connectivity index (χ3n) is 7.46. The quantitative estimate of drug-likeness (QED) is 0.475. The Morgan fingerprint density at radius 1 is 1.31 bits per heavy atom. The Kier molecular flexibility index (Phi) is 6.52. The van der Waals surface area contributed by atoms with Crippen molar-refractivity contribution in [2.24, 2.45) is 0 Å². The van der Waals surface area contributed by atoms with Crippen LogP contribution in [-0.2, 0) is 16.0 Å². The molecular weight excluding hydrogens is 484 g/mol. The van der Waals surface area contributed by atoms with E-state index in [2.05, 4.69) is 15.0 Å². The lowest BCUT2D eigenvalue weighted by atomic mass is 9.75. The highest BCUT2D eigenvalue weighted by molar-refractivity contribution is 6.31. The second kappa shape index (κ2) is 9.49. The number of carbonyl (C=O) groups is 1. The standard InChI is InChI=1S/C25H31ClN6O4/c1-24(35)15-25(36-14-19(24)32-10-7-20(27)30-23(32)34)8-11-31(12-9-25)22(33)4-2-3-21-28-17-6-5-16(26)13-18(17)29-21/h5-7,10,13,19,35H,2-4,8-9,11-12,14-15H2,1H3,(H,28,29)(H2,27,30,34)/t19-,24-/m1/s1. The Hall–Kier alpha value is -2.95. The molecule has 1 amide bonds. The van der Waals surface area contributed by atoms with Crippen LogP contribution < -0.4 is 11.4 Å². The van der Waals surface area contributed by atoms with Crippen molar-refractivity contribution in [1.29, 1.82) is 0 Å². The second-order valence-corrected chi connectivity index (χ2v) is 10.6. The number of fused-ring (bicyclic) bond motifs is 1. The topological polar surface area (TPSA) is 139 Å². The molecule has 1 spiro atoms. The first kappa shape index (κ1) is 24.7. The summed E-state index contributed by atoms with van der Waals surface area (Å²) in [6.45, 7) is 3.07. The number of aromatic amines is 1. The molecule has 2 aliphatic heterocycles. The minimum Gasteiger partial charge on any atom is -0.388 e. The number of aliphatic hydroxyl groups is 1. The van der Waals surface area contributed by atoms with Gasteiger partial charge < -0.3 is 25.5 Å². The smallest absolute Gasteiger partial charge is 0.349 e. The Morgan fingerprint density at radius 3 is 2.81 bits per heavy atom. The van der Waals surface area contributed by atoms with E-state index in [0.717, 1.165) is 16.9 Å². The van der Waals surface area contributed by atoms with E-state index in [1.807, 2.05) is 23.1 Å². The summed E-state index contributed by atoms with van der Waals surface area (Å²) in [7, 11) is 0. The van der Waals surface area contributed by atoms with Gasteiger partial charge in [0.15, 0.2) is 0 Å². The monoisotopic (exact) mass is 514 g/mol. The van der Waals surface area contributed by atoms with Crippen molar-refractivity contribution in [2.75, 3.05) is 25.4 Å². The van der Waals surface area contributed by atoms with E-state index in [4.69, 9.17) is 22.1 Å². The highest BCUT2D eigenvalue weighted by atomic mass is 35.5. The summed E-state index contributed by atoms with van der Waals surface area (Å²) >= 11 is 6.03. The Labute approximate surface area is 213 Å². The summed E-state index contributed by atoms with van der Waals surface area (Å²) in [5, 5.41) is 11.9. The number of anilines is 1. The van der Waals surface area contributed by atoms with Crippen molar-refractivity contribution >= 4 is 34.4 Å². The van der Waals surface area contributed by atoms with Gasteiger partial charge in [0.25, 0.3) is 0 Å². The fraction of sp³-hybridized carbons (Fsp3) is 0.520. The highest BCUT2D eigenvalue weighted by Gasteiger charge is 2.50. The van der Waals surface area contributed by atoms with Crippen molar-refractivity contribution in [3.05, 3.63) is 51.8 Å². The molecule has 0 bridgehead atoms. The number of hydrogen-bond acceptors (Lipinski definition) is 7. The zero-order valence-electron chi connectivity index (χ0n) is 20.2. The first-order valence-electron chi connectivity index (χ1n) is 12.3. The number of nitrogen functional groups attached to an aromatic ring is 1. The van der Waals surface area contributed by atoms with Crippen molar-refractivity contribution in [1.82, 2.24) is 24.4 Å².